The van der Waals surface area contributed by atoms with E-state index in [1.54, 1.807) is 43.3 Å². The Hall–Kier alpha value is -3.36. The molecule has 3 rings (SSSR count). The van der Waals surface area contributed by atoms with Crippen LogP contribution in [-0.4, -0.2) is 44.3 Å². The van der Waals surface area contributed by atoms with Crippen molar-refractivity contribution in [2.75, 3.05) is 17.4 Å². The van der Waals surface area contributed by atoms with Gasteiger partial charge in [0.25, 0.3) is 10.0 Å². The van der Waals surface area contributed by atoms with Crippen LogP contribution in [0.2, 0.25) is 5.02 Å². The maximum Gasteiger partial charge on any atom is 0.264 e. The van der Waals surface area contributed by atoms with E-state index in [1.807, 2.05) is 38.1 Å². The Balaban J connectivity index is 2.01. The first-order valence-electron chi connectivity index (χ1n) is 12.1. The lowest BCUT2D eigenvalue weighted by atomic mass is 10.1. The molecule has 1 atom stereocenters. The highest BCUT2D eigenvalue weighted by Crippen LogP contribution is 2.26. The van der Waals surface area contributed by atoms with Crippen molar-refractivity contribution in [2.24, 2.45) is 0 Å². The van der Waals surface area contributed by atoms with Crippen LogP contribution >= 0.6 is 11.6 Å². The van der Waals surface area contributed by atoms with E-state index in [1.165, 1.54) is 23.1 Å². The second-order valence-electron chi connectivity index (χ2n) is 8.78. The molecule has 7 nitrogen and oxygen atoms in total. The fraction of sp³-hybridized carbons (Fsp3) is 0.286. The number of benzene rings is 3. The summed E-state index contributed by atoms with van der Waals surface area (Å²) >= 11 is 6.18. The predicted octanol–water partition coefficient (Wildman–Crippen LogP) is 4.79. The zero-order chi connectivity index (χ0) is 27.0. The van der Waals surface area contributed by atoms with E-state index in [0.29, 0.717) is 11.6 Å². The Labute approximate surface area is 224 Å². The quantitative estimate of drug-likeness (QED) is 0.378. The average molecular weight is 542 g/mol. The number of hydrogen-bond donors (Lipinski definition) is 1. The maximum absolute atomic E-state index is 13.8. The normalized spacial score (nSPS) is 12.0. The van der Waals surface area contributed by atoms with Gasteiger partial charge in [0.1, 0.15) is 12.6 Å². The van der Waals surface area contributed by atoms with Crippen LogP contribution in [0.25, 0.3) is 0 Å². The van der Waals surface area contributed by atoms with E-state index in [0.717, 1.165) is 21.9 Å². The van der Waals surface area contributed by atoms with Gasteiger partial charge in [-0.25, -0.2) is 8.42 Å². The third kappa shape index (κ3) is 7.33. The molecule has 2 amide bonds. The monoisotopic (exact) mass is 541 g/mol. The molecule has 0 saturated heterocycles. The number of carbonyl (C=O) groups excluding carboxylic acids is 2. The van der Waals surface area contributed by atoms with Gasteiger partial charge in [0.15, 0.2) is 0 Å². The number of aryl methyl sites for hydroxylation is 1. The first-order valence-corrected chi connectivity index (χ1v) is 13.9. The second-order valence-corrected chi connectivity index (χ2v) is 11.1. The number of nitrogens with zero attached hydrogens (tertiary/aromatic N) is 2. The number of carbonyl (C=O) groups is 2. The Morgan fingerprint density at radius 2 is 1.68 bits per heavy atom. The van der Waals surface area contributed by atoms with E-state index in [4.69, 9.17) is 11.6 Å². The predicted molar refractivity (Wildman–Crippen MR) is 147 cm³/mol. The van der Waals surface area contributed by atoms with Crippen molar-refractivity contribution in [2.45, 2.75) is 44.7 Å². The highest BCUT2D eigenvalue weighted by atomic mass is 35.5. The summed E-state index contributed by atoms with van der Waals surface area (Å²) in [7, 11) is -4.11. The van der Waals surface area contributed by atoms with Crippen LogP contribution in [-0.2, 0) is 26.2 Å². The molecule has 196 valence electrons. The number of sulfonamides is 1. The van der Waals surface area contributed by atoms with Gasteiger partial charge in [-0.2, -0.15) is 0 Å². The standard InChI is InChI=1S/C28H32ClN3O4S/c1-4-16-30-28(34)22(3)31(19-23-11-8-10-21(2)17-23)27(33)20-32(25-13-9-12-24(29)18-25)37(35,36)26-14-6-5-7-15-26/h5-15,17-18,22H,4,16,19-20H2,1-3H3,(H,30,34). The highest BCUT2D eigenvalue weighted by molar-refractivity contribution is 7.92. The summed E-state index contributed by atoms with van der Waals surface area (Å²) in [6, 6.07) is 21.1. The van der Waals surface area contributed by atoms with Crippen LogP contribution in [0, 0.1) is 6.92 Å². The van der Waals surface area contributed by atoms with Crippen molar-refractivity contribution in [3.8, 4) is 0 Å². The minimum absolute atomic E-state index is 0.0433. The molecule has 1 unspecified atom stereocenters. The van der Waals surface area contributed by atoms with Gasteiger partial charge in [-0.1, -0.05) is 72.6 Å². The van der Waals surface area contributed by atoms with Gasteiger partial charge in [-0.3, -0.25) is 13.9 Å². The van der Waals surface area contributed by atoms with Crippen LogP contribution in [0.15, 0.2) is 83.8 Å². The van der Waals surface area contributed by atoms with Crippen molar-refractivity contribution in [3.63, 3.8) is 0 Å². The van der Waals surface area contributed by atoms with Crippen LogP contribution in [0.1, 0.15) is 31.4 Å². The van der Waals surface area contributed by atoms with Crippen LogP contribution in [0.5, 0.6) is 0 Å². The zero-order valence-electron chi connectivity index (χ0n) is 21.2. The highest BCUT2D eigenvalue weighted by Gasteiger charge is 2.32. The van der Waals surface area contributed by atoms with Crippen molar-refractivity contribution in [1.82, 2.24) is 10.2 Å². The van der Waals surface area contributed by atoms with Gasteiger partial charge < -0.3 is 10.2 Å². The fourth-order valence-corrected chi connectivity index (χ4v) is 5.48. The molecule has 3 aromatic rings. The Morgan fingerprint density at radius 3 is 2.32 bits per heavy atom. The Morgan fingerprint density at radius 1 is 0.973 bits per heavy atom. The summed E-state index contributed by atoms with van der Waals surface area (Å²) in [5.41, 5.74) is 2.10. The van der Waals surface area contributed by atoms with E-state index < -0.39 is 28.5 Å². The maximum atomic E-state index is 13.8. The molecule has 0 aliphatic heterocycles. The van der Waals surface area contributed by atoms with Gasteiger partial charge in [-0.05, 0) is 56.2 Å². The number of hydrogen-bond acceptors (Lipinski definition) is 4. The van der Waals surface area contributed by atoms with Crippen molar-refractivity contribution >= 4 is 39.1 Å². The molecule has 3 aromatic carbocycles. The van der Waals surface area contributed by atoms with E-state index in [2.05, 4.69) is 5.32 Å². The molecule has 0 radical (unpaired) electrons. The molecule has 0 bridgehead atoms. The smallest absolute Gasteiger partial charge is 0.264 e. The van der Waals surface area contributed by atoms with Crippen LogP contribution in [0.3, 0.4) is 0 Å². The van der Waals surface area contributed by atoms with E-state index in [-0.39, 0.29) is 23.0 Å². The minimum Gasteiger partial charge on any atom is -0.354 e. The lowest BCUT2D eigenvalue weighted by Crippen LogP contribution is -2.51. The summed E-state index contributed by atoms with van der Waals surface area (Å²) in [6.45, 7) is 5.66. The molecule has 0 heterocycles. The molecule has 9 heteroatoms. The van der Waals surface area contributed by atoms with Gasteiger partial charge in [0, 0.05) is 18.1 Å². The van der Waals surface area contributed by atoms with Gasteiger partial charge in [-0.15, -0.1) is 0 Å². The fourth-order valence-electron chi connectivity index (χ4n) is 3.87. The summed E-state index contributed by atoms with van der Waals surface area (Å²) < 4.78 is 28.4. The average Bonchev–Trinajstić information content (AvgIpc) is 2.88. The van der Waals surface area contributed by atoms with Gasteiger partial charge >= 0.3 is 0 Å². The molecule has 0 aliphatic rings. The number of amides is 2. The lowest BCUT2D eigenvalue weighted by Gasteiger charge is -2.32. The van der Waals surface area contributed by atoms with E-state index in [9.17, 15) is 18.0 Å². The number of nitrogens with one attached hydrogen (secondary N) is 1. The first-order chi connectivity index (χ1) is 17.6. The molecule has 0 spiro atoms. The Bertz CT molecular complexity index is 1330. The molecular formula is C28H32ClN3O4S. The summed E-state index contributed by atoms with van der Waals surface area (Å²) in [6.07, 6.45) is 0.752. The third-order valence-corrected chi connectivity index (χ3v) is 7.88. The van der Waals surface area contributed by atoms with E-state index >= 15 is 0 Å². The van der Waals surface area contributed by atoms with Crippen LogP contribution < -0.4 is 9.62 Å². The number of halogens is 1. The van der Waals surface area contributed by atoms with Crippen molar-refractivity contribution in [3.05, 3.63) is 95.0 Å². The Kier molecular flexibility index (Phi) is 9.72. The lowest BCUT2D eigenvalue weighted by molar-refractivity contribution is -0.139. The summed E-state index contributed by atoms with van der Waals surface area (Å²) in [5.74, 6) is -0.816. The third-order valence-electron chi connectivity index (χ3n) is 5.86. The number of rotatable bonds is 11. The summed E-state index contributed by atoms with van der Waals surface area (Å²) in [4.78, 5) is 28.1. The molecule has 0 aliphatic carbocycles. The molecule has 0 saturated carbocycles. The topological polar surface area (TPSA) is 86.8 Å². The van der Waals surface area contributed by atoms with Gasteiger partial charge in [0.05, 0.1) is 10.6 Å². The molecule has 0 fully saturated rings. The molecular weight excluding hydrogens is 510 g/mol. The minimum atomic E-state index is -4.11. The zero-order valence-corrected chi connectivity index (χ0v) is 22.8. The largest absolute Gasteiger partial charge is 0.354 e. The molecule has 0 aromatic heterocycles. The summed E-state index contributed by atoms with van der Waals surface area (Å²) in [5, 5.41) is 3.17. The van der Waals surface area contributed by atoms with Crippen LogP contribution in [0.4, 0.5) is 5.69 Å². The second kappa shape index (κ2) is 12.7. The molecule has 1 N–H and O–H groups in total. The molecule has 37 heavy (non-hydrogen) atoms. The van der Waals surface area contributed by atoms with Gasteiger partial charge in [0.2, 0.25) is 11.8 Å². The van der Waals surface area contributed by atoms with Crippen molar-refractivity contribution < 1.29 is 18.0 Å². The first kappa shape index (κ1) is 28.2. The SMILES string of the molecule is CCCNC(=O)C(C)N(Cc1cccc(C)c1)C(=O)CN(c1cccc(Cl)c1)S(=O)(=O)c1ccccc1. The van der Waals surface area contributed by atoms with Crippen molar-refractivity contribution in [1.29, 1.82) is 0 Å². The number of anilines is 1.